The van der Waals surface area contributed by atoms with E-state index in [9.17, 15) is 4.79 Å². The molecule has 1 N–H and O–H groups in total. The van der Waals surface area contributed by atoms with E-state index < -0.39 is 0 Å². The molecule has 0 radical (unpaired) electrons. The van der Waals surface area contributed by atoms with Crippen LogP contribution in [0.5, 0.6) is 0 Å². The molecule has 1 amide bonds. The second kappa shape index (κ2) is 6.35. The Balaban J connectivity index is 1.82. The van der Waals surface area contributed by atoms with Crippen molar-refractivity contribution in [1.82, 2.24) is 0 Å². The first-order chi connectivity index (χ1) is 10.6. The van der Waals surface area contributed by atoms with E-state index in [1.54, 1.807) is 0 Å². The lowest BCUT2D eigenvalue weighted by Crippen LogP contribution is -2.05. The third-order valence-electron chi connectivity index (χ3n) is 4.72. The van der Waals surface area contributed by atoms with Gasteiger partial charge in [-0.15, -0.1) is 0 Å². The molecule has 1 aliphatic carbocycles. The standard InChI is InChI=1S/C20H23NO/c1-14-5-3-8-20(14)17-11-9-16(10-12-17)18-6-4-7-19(13-18)21-15(2)22/h4,6-7,9-14,20H,3,5,8H2,1-2H3,(H,21,22). The van der Waals surface area contributed by atoms with E-state index in [-0.39, 0.29) is 5.91 Å². The summed E-state index contributed by atoms with van der Waals surface area (Å²) in [5.74, 6) is 1.48. The van der Waals surface area contributed by atoms with Crippen molar-refractivity contribution in [1.29, 1.82) is 0 Å². The van der Waals surface area contributed by atoms with Crippen molar-refractivity contribution in [2.24, 2.45) is 5.92 Å². The number of rotatable bonds is 3. The molecule has 1 saturated carbocycles. The van der Waals surface area contributed by atoms with Crippen LogP contribution in [0.4, 0.5) is 5.69 Å². The van der Waals surface area contributed by atoms with Crippen LogP contribution in [-0.2, 0) is 4.79 Å². The molecule has 2 unspecified atom stereocenters. The van der Waals surface area contributed by atoms with Crippen LogP contribution in [0.15, 0.2) is 48.5 Å². The summed E-state index contributed by atoms with van der Waals surface area (Å²) in [5.41, 5.74) is 4.64. The van der Waals surface area contributed by atoms with E-state index in [2.05, 4.69) is 42.6 Å². The highest BCUT2D eigenvalue weighted by Crippen LogP contribution is 2.39. The molecule has 0 aromatic heterocycles. The number of amides is 1. The number of carbonyl (C=O) groups is 1. The number of hydrogen-bond donors (Lipinski definition) is 1. The predicted molar refractivity (Wildman–Crippen MR) is 91.9 cm³/mol. The van der Waals surface area contributed by atoms with Gasteiger partial charge in [-0.25, -0.2) is 0 Å². The van der Waals surface area contributed by atoms with E-state index in [0.717, 1.165) is 23.1 Å². The zero-order valence-corrected chi connectivity index (χ0v) is 13.3. The van der Waals surface area contributed by atoms with Crippen molar-refractivity contribution < 1.29 is 4.79 Å². The van der Waals surface area contributed by atoms with Gasteiger partial charge in [0.25, 0.3) is 0 Å². The Hall–Kier alpha value is -2.09. The van der Waals surface area contributed by atoms with Gasteiger partial charge >= 0.3 is 0 Å². The molecule has 114 valence electrons. The largest absolute Gasteiger partial charge is 0.326 e. The van der Waals surface area contributed by atoms with Crippen molar-refractivity contribution in [2.75, 3.05) is 5.32 Å². The summed E-state index contributed by atoms with van der Waals surface area (Å²) in [7, 11) is 0. The third kappa shape index (κ3) is 3.22. The SMILES string of the molecule is CC(=O)Nc1cccc(-c2ccc(C3CCCC3C)cc2)c1. The maximum Gasteiger partial charge on any atom is 0.221 e. The van der Waals surface area contributed by atoms with Gasteiger partial charge in [-0.2, -0.15) is 0 Å². The molecule has 2 atom stereocenters. The summed E-state index contributed by atoms with van der Waals surface area (Å²) in [5, 5.41) is 2.84. The fourth-order valence-corrected chi connectivity index (χ4v) is 3.54. The molecule has 2 aromatic carbocycles. The molecule has 2 heteroatoms. The first kappa shape index (κ1) is 14.8. The lowest BCUT2D eigenvalue weighted by atomic mass is 9.89. The molecular formula is C20H23NO. The molecule has 0 heterocycles. The van der Waals surface area contributed by atoms with Crippen LogP contribution in [0.1, 0.15) is 44.6 Å². The van der Waals surface area contributed by atoms with Crippen LogP contribution in [0.2, 0.25) is 0 Å². The highest BCUT2D eigenvalue weighted by Gasteiger charge is 2.24. The lowest BCUT2D eigenvalue weighted by molar-refractivity contribution is -0.114. The fourth-order valence-electron chi connectivity index (χ4n) is 3.54. The Labute approximate surface area is 132 Å². The van der Waals surface area contributed by atoms with Crippen LogP contribution in [0, 0.1) is 5.92 Å². The van der Waals surface area contributed by atoms with E-state index >= 15 is 0 Å². The number of benzene rings is 2. The van der Waals surface area contributed by atoms with Gasteiger partial charge in [-0.3, -0.25) is 4.79 Å². The molecule has 2 aromatic rings. The number of anilines is 1. The average Bonchev–Trinajstić information content (AvgIpc) is 2.93. The zero-order valence-electron chi connectivity index (χ0n) is 13.3. The van der Waals surface area contributed by atoms with E-state index in [1.165, 1.54) is 37.3 Å². The zero-order chi connectivity index (χ0) is 15.5. The van der Waals surface area contributed by atoms with Crippen molar-refractivity contribution >= 4 is 11.6 Å². The maximum absolute atomic E-state index is 11.2. The summed E-state index contributed by atoms with van der Waals surface area (Å²) < 4.78 is 0. The Morgan fingerprint density at radius 2 is 1.82 bits per heavy atom. The van der Waals surface area contributed by atoms with Crippen LogP contribution in [0.25, 0.3) is 11.1 Å². The number of carbonyl (C=O) groups excluding carboxylic acids is 1. The Bertz CT molecular complexity index is 660. The minimum absolute atomic E-state index is 0.0391. The monoisotopic (exact) mass is 293 g/mol. The van der Waals surface area contributed by atoms with Gasteiger partial charge in [0, 0.05) is 12.6 Å². The molecule has 0 bridgehead atoms. The summed E-state index contributed by atoms with van der Waals surface area (Å²) >= 11 is 0. The van der Waals surface area contributed by atoms with Crippen LogP contribution in [0.3, 0.4) is 0 Å². The van der Waals surface area contributed by atoms with E-state index in [0.29, 0.717) is 0 Å². The van der Waals surface area contributed by atoms with Gasteiger partial charge in [0.05, 0.1) is 0 Å². The lowest BCUT2D eigenvalue weighted by Gasteiger charge is -2.16. The van der Waals surface area contributed by atoms with Gasteiger partial charge in [0.15, 0.2) is 0 Å². The first-order valence-electron chi connectivity index (χ1n) is 8.11. The molecule has 22 heavy (non-hydrogen) atoms. The van der Waals surface area contributed by atoms with Gasteiger partial charge in [-0.1, -0.05) is 56.2 Å². The van der Waals surface area contributed by atoms with Crippen LogP contribution >= 0.6 is 0 Å². The summed E-state index contributed by atoms with van der Waals surface area (Å²) in [4.78, 5) is 11.2. The highest BCUT2D eigenvalue weighted by atomic mass is 16.1. The van der Waals surface area contributed by atoms with Crippen molar-refractivity contribution in [3.05, 3.63) is 54.1 Å². The van der Waals surface area contributed by atoms with Crippen LogP contribution in [-0.4, -0.2) is 5.91 Å². The van der Waals surface area contributed by atoms with E-state index in [4.69, 9.17) is 0 Å². The second-order valence-electron chi connectivity index (χ2n) is 6.40. The number of nitrogens with one attached hydrogen (secondary N) is 1. The van der Waals surface area contributed by atoms with Crippen molar-refractivity contribution in [2.45, 2.75) is 39.0 Å². The number of hydrogen-bond acceptors (Lipinski definition) is 1. The summed E-state index contributed by atoms with van der Waals surface area (Å²) in [6.07, 6.45) is 4.02. The Kier molecular flexibility index (Phi) is 4.28. The predicted octanol–water partition coefficient (Wildman–Crippen LogP) is 5.22. The Morgan fingerprint density at radius 3 is 2.45 bits per heavy atom. The maximum atomic E-state index is 11.2. The van der Waals surface area contributed by atoms with Gasteiger partial charge in [0.1, 0.15) is 0 Å². The van der Waals surface area contributed by atoms with Crippen molar-refractivity contribution in [3.63, 3.8) is 0 Å². The van der Waals surface area contributed by atoms with Gasteiger partial charge in [-0.05, 0) is 47.1 Å². The molecule has 2 nitrogen and oxygen atoms in total. The van der Waals surface area contributed by atoms with Gasteiger partial charge in [0.2, 0.25) is 5.91 Å². The molecular weight excluding hydrogens is 270 g/mol. The minimum Gasteiger partial charge on any atom is -0.326 e. The molecule has 0 spiro atoms. The first-order valence-corrected chi connectivity index (χ1v) is 8.11. The Morgan fingerprint density at radius 1 is 1.05 bits per heavy atom. The average molecular weight is 293 g/mol. The molecule has 1 fully saturated rings. The smallest absolute Gasteiger partial charge is 0.221 e. The quantitative estimate of drug-likeness (QED) is 0.826. The van der Waals surface area contributed by atoms with Gasteiger partial charge < -0.3 is 5.32 Å². The van der Waals surface area contributed by atoms with Crippen LogP contribution < -0.4 is 5.32 Å². The molecule has 0 saturated heterocycles. The second-order valence-corrected chi connectivity index (χ2v) is 6.40. The fraction of sp³-hybridized carbons (Fsp3) is 0.350. The summed E-state index contributed by atoms with van der Waals surface area (Å²) in [6.45, 7) is 3.90. The highest BCUT2D eigenvalue weighted by molar-refractivity contribution is 5.89. The normalized spacial score (nSPS) is 20.8. The molecule has 0 aliphatic heterocycles. The van der Waals surface area contributed by atoms with E-state index in [1.807, 2.05) is 18.2 Å². The minimum atomic E-state index is -0.0391. The molecule has 3 rings (SSSR count). The third-order valence-corrected chi connectivity index (χ3v) is 4.72. The summed E-state index contributed by atoms with van der Waals surface area (Å²) in [6, 6.07) is 16.9. The molecule has 1 aliphatic rings. The van der Waals surface area contributed by atoms with Crippen molar-refractivity contribution in [3.8, 4) is 11.1 Å². The topological polar surface area (TPSA) is 29.1 Å².